The van der Waals surface area contributed by atoms with Crippen LogP contribution < -0.4 is 10.1 Å². The second-order valence-corrected chi connectivity index (χ2v) is 4.50. The van der Waals surface area contributed by atoms with E-state index in [2.05, 4.69) is 31.3 Å². The van der Waals surface area contributed by atoms with Crippen molar-refractivity contribution in [3.8, 4) is 5.75 Å². The van der Waals surface area contributed by atoms with Gasteiger partial charge < -0.3 is 10.1 Å². The van der Waals surface area contributed by atoms with Crippen LogP contribution in [0.25, 0.3) is 0 Å². The van der Waals surface area contributed by atoms with Gasteiger partial charge in [0.05, 0.1) is 0 Å². The molecule has 0 radical (unpaired) electrons. The minimum absolute atomic E-state index is 0.352. The average Bonchev–Trinajstić information content (AvgIpc) is 2.59. The van der Waals surface area contributed by atoms with Crippen molar-refractivity contribution in [1.29, 1.82) is 0 Å². The number of anilines is 1. The Bertz CT molecular complexity index is 318. The Balaban J connectivity index is 2.05. The van der Waals surface area contributed by atoms with Gasteiger partial charge in [0, 0.05) is 18.2 Å². The van der Waals surface area contributed by atoms with Gasteiger partial charge in [-0.1, -0.05) is 0 Å². The largest absolute Gasteiger partial charge is 0.490 e. The van der Waals surface area contributed by atoms with E-state index in [4.69, 9.17) is 4.74 Å². The standard InChI is InChI=1S/C12H15NO/c1-7-3-9-6-12-10(4-8(2)14-12)5-11(9)13-7/h5-8,13H,3-4H2,1-2H3. The number of fused-ring (bicyclic) bond motifs is 2. The Labute approximate surface area is 84.3 Å². The monoisotopic (exact) mass is 189 g/mol. The number of nitrogens with one attached hydrogen (secondary N) is 1. The Morgan fingerprint density at radius 3 is 2.93 bits per heavy atom. The van der Waals surface area contributed by atoms with Crippen molar-refractivity contribution >= 4 is 5.69 Å². The van der Waals surface area contributed by atoms with Crippen molar-refractivity contribution in [2.75, 3.05) is 5.32 Å². The number of benzene rings is 1. The molecule has 1 aromatic carbocycles. The number of hydrogen-bond acceptors (Lipinski definition) is 2. The lowest BCUT2D eigenvalue weighted by Crippen LogP contribution is -2.08. The fraction of sp³-hybridized carbons (Fsp3) is 0.500. The van der Waals surface area contributed by atoms with E-state index in [1.165, 1.54) is 16.8 Å². The van der Waals surface area contributed by atoms with Crippen LogP contribution in [0.2, 0.25) is 0 Å². The summed E-state index contributed by atoms with van der Waals surface area (Å²) in [7, 11) is 0. The third-order valence-corrected chi connectivity index (χ3v) is 3.05. The highest BCUT2D eigenvalue weighted by molar-refractivity contribution is 5.62. The molecule has 2 aliphatic rings. The molecule has 2 heteroatoms. The van der Waals surface area contributed by atoms with Crippen molar-refractivity contribution in [1.82, 2.24) is 0 Å². The van der Waals surface area contributed by atoms with Gasteiger partial charge in [-0.05, 0) is 43.5 Å². The lowest BCUT2D eigenvalue weighted by Gasteiger charge is -2.04. The molecule has 0 saturated carbocycles. The Morgan fingerprint density at radius 2 is 2.07 bits per heavy atom. The highest BCUT2D eigenvalue weighted by Crippen LogP contribution is 2.37. The summed E-state index contributed by atoms with van der Waals surface area (Å²) in [5, 5.41) is 3.49. The number of rotatable bonds is 0. The van der Waals surface area contributed by atoms with Gasteiger partial charge in [-0.25, -0.2) is 0 Å². The smallest absolute Gasteiger partial charge is 0.123 e. The molecule has 0 bridgehead atoms. The first-order valence-electron chi connectivity index (χ1n) is 5.31. The molecule has 2 heterocycles. The molecule has 1 aromatic rings. The van der Waals surface area contributed by atoms with E-state index in [0.29, 0.717) is 12.1 Å². The molecular formula is C12H15NO. The average molecular weight is 189 g/mol. The first-order valence-corrected chi connectivity index (χ1v) is 5.31. The summed E-state index contributed by atoms with van der Waals surface area (Å²) in [5.74, 6) is 1.10. The highest BCUT2D eigenvalue weighted by Gasteiger charge is 2.24. The Kier molecular flexibility index (Phi) is 1.55. The van der Waals surface area contributed by atoms with E-state index < -0.39 is 0 Å². The zero-order valence-corrected chi connectivity index (χ0v) is 8.63. The van der Waals surface area contributed by atoms with Gasteiger partial charge in [0.25, 0.3) is 0 Å². The molecule has 2 atom stereocenters. The van der Waals surface area contributed by atoms with E-state index in [1.54, 1.807) is 0 Å². The molecule has 3 rings (SSSR count). The van der Waals surface area contributed by atoms with Crippen molar-refractivity contribution in [3.63, 3.8) is 0 Å². The SMILES string of the molecule is CC1Cc2cc3c(cc2N1)CC(C)O3. The zero-order chi connectivity index (χ0) is 9.71. The topological polar surface area (TPSA) is 21.3 Å². The molecule has 2 aliphatic heterocycles. The maximum atomic E-state index is 5.74. The molecule has 74 valence electrons. The van der Waals surface area contributed by atoms with E-state index in [1.807, 2.05) is 0 Å². The van der Waals surface area contributed by atoms with Gasteiger partial charge >= 0.3 is 0 Å². The normalized spacial score (nSPS) is 27.9. The van der Waals surface area contributed by atoms with Crippen LogP contribution in [0.4, 0.5) is 5.69 Å². The van der Waals surface area contributed by atoms with Crippen LogP contribution in [-0.2, 0) is 12.8 Å². The first-order chi connectivity index (χ1) is 6.72. The van der Waals surface area contributed by atoms with E-state index in [9.17, 15) is 0 Å². The molecule has 0 spiro atoms. The fourth-order valence-corrected chi connectivity index (χ4v) is 2.45. The van der Waals surface area contributed by atoms with Crippen LogP contribution in [0.5, 0.6) is 5.75 Å². The van der Waals surface area contributed by atoms with Gasteiger partial charge in [0.2, 0.25) is 0 Å². The molecule has 0 saturated heterocycles. The van der Waals surface area contributed by atoms with E-state index in [-0.39, 0.29) is 0 Å². The Morgan fingerprint density at radius 1 is 1.21 bits per heavy atom. The van der Waals surface area contributed by atoms with Crippen LogP contribution in [0, 0.1) is 0 Å². The first kappa shape index (κ1) is 8.16. The van der Waals surface area contributed by atoms with E-state index >= 15 is 0 Å². The van der Waals surface area contributed by atoms with Crippen molar-refractivity contribution in [3.05, 3.63) is 23.3 Å². The van der Waals surface area contributed by atoms with Crippen molar-refractivity contribution < 1.29 is 4.74 Å². The second-order valence-electron chi connectivity index (χ2n) is 4.50. The van der Waals surface area contributed by atoms with Crippen LogP contribution in [0.1, 0.15) is 25.0 Å². The summed E-state index contributed by atoms with van der Waals surface area (Å²) in [6, 6.07) is 5.05. The summed E-state index contributed by atoms with van der Waals surface area (Å²) < 4.78 is 5.74. The summed E-state index contributed by atoms with van der Waals surface area (Å²) >= 11 is 0. The predicted molar refractivity (Wildman–Crippen MR) is 57.0 cm³/mol. The van der Waals surface area contributed by atoms with Gasteiger partial charge in [-0.2, -0.15) is 0 Å². The van der Waals surface area contributed by atoms with Gasteiger partial charge in [0.15, 0.2) is 0 Å². The molecule has 0 amide bonds. The minimum Gasteiger partial charge on any atom is -0.490 e. The second kappa shape index (κ2) is 2.66. The van der Waals surface area contributed by atoms with Gasteiger partial charge in [-0.15, -0.1) is 0 Å². The maximum Gasteiger partial charge on any atom is 0.123 e. The van der Waals surface area contributed by atoms with Crippen molar-refractivity contribution in [2.45, 2.75) is 38.8 Å². The van der Waals surface area contributed by atoms with Crippen LogP contribution in [0.3, 0.4) is 0 Å². The van der Waals surface area contributed by atoms with Crippen LogP contribution in [0.15, 0.2) is 12.1 Å². The summed E-state index contributed by atoms with van der Waals surface area (Å²) in [4.78, 5) is 0. The molecule has 2 nitrogen and oxygen atoms in total. The van der Waals surface area contributed by atoms with Gasteiger partial charge in [0.1, 0.15) is 11.9 Å². The minimum atomic E-state index is 0.352. The molecule has 0 aliphatic carbocycles. The third-order valence-electron chi connectivity index (χ3n) is 3.05. The third kappa shape index (κ3) is 1.10. The zero-order valence-electron chi connectivity index (χ0n) is 8.63. The quantitative estimate of drug-likeness (QED) is 0.676. The summed E-state index contributed by atoms with van der Waals surface area (Å²) in [6.07, 6.45) is 2.53. The summed E-state index contributed by atoms with van der Waals surface area (Å²) in [5.41, 5.74) is 4.08. The predicted octanol–water partition coefficient (Wildman–Crippen LogP) is 2.37. The lowest BCUT2D eigenvalue weighted by atomic mass is 10.1. The van der Waals surface area contributed by atoms with Crippen molar-refractivity contribution in [2.24, 2.45) is 0 Å². The molecule has 0 aromatic heterocycles. The van der Waals surface area contributed by atoms with Crippen LogP contribution in [-0.4, -0.2) is 12.1 Å². The maximum absolute atomic E-state index is 5.74. The van der Waals surface area contributed by atoms with Crippen LogP contribution >= 0.6 is 0 Å². The van der Waals surface area contributed by atoms with E-state index in [0.717, 1.165) is 18.6 Å². The summed E-state index contributed by atoms with van der Waals surface area (Å²) in [6.45, 7) is 4.34. The molecule has 0 fully saturated rings. The molecule has 2 unspecified atom stereocenters. The number of hydrogen-bond donors (Lipinski definition) is 1. The number of ether oxygens (including phenoxy) is 1. The lowest BCUT2D eigenvalue weighted by molar-refractivity contribution is 0.254. The molecular weight excluding hydrogens is 174 g/mol. The highest BCUT2D eigenvalue weighted by atomic mass is 16.5. The molecule has 1 N–H and O–H groups in total. The van der Waals surface area contributed by atoms with Gasteiger partial charge in [-0.3, -0.25) is 0 Å². The fourth-order valence-electron chi connectivity index (χ4n) is 2.45. The molecule has 14 heavy (non-hydrogen) atoms. The Hall–Kier alpha value is -1.18.